The molecule has 2 bridgehead atoms. The lowest BCUT2D eigenvalue weighted by Gasteiger charge is -2.49. The molecule has 1 N–H and O–H groups in total. The molecule has 1 aromatic rings. The van der Waals surface area contributed by atoms with Gasteiger partial charge in [-0.15, -0.1) is 0 Å². The molecule has 0 aromatic carbocycles. The topological polar surface area (TPSA) is 33.1 Å². The largest absolute Gasteiger partial charge is 0.309 e. The molecule has 1 aromatic heterocycles. The van der Waals surface area contributed by atoms with E-state index in [2.05, 4.69) is 42.3 Å². The molecule has 2 fully saturated rings. The molecule has 0 radical (unpaired) electrons. The molecule has 2 heterocycles. The lowest BCUT2D eigenvalue weighted by molar-refractivity contribution is 0.0248. The molecule has 1 aliphatic heterocycles. The number of nitrogens with zero attached hydrogens (tertiary/aromatic N) is 3. The number of fused-ring (bicyclic) bond motifs is 2. The van der Waals surface area contributed by atoms with Crippen molar-refractivity contribution in [1.29, 1.82) is 0 Å². The van der Waals surface area contributed by atoms with Gasteiger partial charge in [-0.05, 0) is 51.5 Å². The maximum absolute atomic E-state index is 4.33. The van der Waals surface area contributed by atoms with Crippen molar-refractivity contribution in [3.63, 3.8) is 0 Å². The Morgan fingerprint density at radius 2 is 1.90 bits per heavy atom. The quantitative estimate of drug-likeness (QED) is 0.904. The minimum atomic E-state index is 0.489. The van der Waals surface area contributed by atoms with E-state index in [4.69, 9.17) is 0 Å². The van der Waals surface area contributed by atoms with E-state index in [-0.39, 0.29) is 0 Å². The monoisotopic (exact) mass is 290 g/mol. The van der Waals surface area contributed by atoms with Gasteiger partial charge in [0, 0.05) is 43.6 Å². The third-order valence-corrected chi connectivity index (χ3v) is 5.33. The van der Waals surface area contributed by atoms with Crippen molar-refractivity contribution in [3.05, 3.63) is 18.5 Å². The minimum absolute atomic E-state index is 0.489. The van der Waals surface area contributed by atoms with Crippen molar-refractivity contribution in [2.75, 3.05) is 13.1 Å². The molecule has 0 amide bonds. The molecule has 1 saturated carbocycles. The maximum Gasteiger partial charge on any atom is 0.0560 e. The second kappa shape index (κ2) is 6.49. The van der Waals surface area contributed by atoms with Gasteiger partial charge in [-0.1, -0.05) is 6.42 Å². The Morgan fingerprint density at radius 1 is 1.19 bits per heavy atom. The van der Waals surface area contributed by atoms with E-state index in [0.29, 0.717) is 18.1 Å². The summed E-state index contributed by atoms with van der Waals surface area (Å²) in [6.45, 7) is 10.5. The van der Waals surface area contributed by atoms with Gasteiger partial charge in [0.2, 0.25) is 0 Å². The second-order valence-corrected chi connectivity index (χ2v) is 7.32. The van der Waals surface area contributed by atoms with Crippen LogP contribution in [0.4, 0.5) is 0 Å². The molecule has 0 spiro atoms. The molecular weight excluding hydrogens is 260 g/mol. The summed E-state index contributed by atoms with van der Waals surface area (Å²) < 4.78 is 2.04. The normalized spacial score (nSPS) is 31.5. The van der Waals surface area contributed by atoms with Crippen molar-refractivity contribution in [2.24, 2.45) is 11.8 Å². The van der Waals surface area contributed by atoms with Crippen LogP contribution in [0.25, 0.3) is 0 Å². The zero-order chi connectivity index (χ0) is 14.8. The highest BCUT2D eigenvalue weighted by atomic mass is 15.3. The number of hydrogen-bond donors (Lipinski definition) is 1. The van der Waals surface area contributed by atoms with Gasteiger partial charge < -0.3 is 10.2 Å². The SMILES string of the molecule is CC(Cn1cccn1)NC1C2CCCC1CN(C(C)C)C2. The van der Waals surface area contributed by atoms with Gasteiger partial charge in [-0.3, -0.25) is 4.68 Å². The van der Waals surface area contributed by atoms with Crippen molar-refractivity contribution >= 4 is 0 Å². The summed E-state index contributed by atoms with van der Waals surface area (Å²) in [6, 6.07) is 3.89. The average Bonchev–Trinajstić information content (AvgIpc) is 2.90. The van der Waals surface area contributed by atoms with Crippen LogP contribution in [-0.2, 0) is 6.54 Å². The Kier molecular flexibility index (Phi) is 4.65. The van der Waals surface area contributed by atoms with E-state index in [9.17, 15) is 0 Å². The molecule has 3 rings (SSSR count). The van der Waals surface area contributed by atoms with Gasteiger partial charge in [0.15, 0.2) is 0 Å². The van der Waals surface area contributed by atoms with Crippen LogP contribution in [0, 0.1) is 11.8 Å². The number of aromatic nitrogens is 2. The Bertz CT molecular complexity index is 414. The van der Waals surface area contributed by atoms with Crippen LogP contribution in [0.1, 0.15) is 40.0 Å². The van der Waals surface area contributed by atoms with Crippen LogP contribution in [-0.4, -0.2) is 45.9 Å². The number of likely N-dealkylation sites (tertiary alicyclic amines) is 1. The molecule has 2 aliphatic rings. The summed E-state index contributed by atoms with van der Waals surface area (Å²) in [5.41, 5.74) is 0. The molecule has 118 valence electrons. The first-order valence-electron chi connectivity index (χ1n) is 8.61. The third kappa shape index (κ3) is 3.49. The number of rotatable bonds is 5. The molecule has 3 unspecified atom stereocenters. The van der Waals surface area contributed by atoms with E-state index in [1.54, 1.807) is 0 Å². The standard InChI is InChI=1S/C17H30N4/c1-13(2)20-11-15-6-4-7-16(12-20)17(15)19-14(3)10-21-9-5-8-18-21/h5,8-9,13-17,19H,4,6-7,10-12H2,1-3H3. The summed E-state index contributed by atoms with van der Waals surface area (Å²) in [7, 11) is 0. The minimum Gasteiger partial charge on any atom is -0.309 e. The third-order valence-electron chi connectivity index (χ3n) is 5.33. The maximum atomic E-state index is 4.33. The van der Waals surface area contributed by atoms with Gasteiger partial charge in [0.25, 0.3) is 0 Å². The van der Waals surface area contributed by atoms with Crippen LogP contribution >= 0.6 is 0 Å². The average molecular weight is 290 g/mol. The fourth-order valence-electron chi connectivity index (χ4n) is 4.24. The Balaban J connectivity index is 1.60. The van der Waals surface area contributed by atoms with Gasteiger partial charge in [-0.25, -0.2) is 0 Å². The van der Waals surface area contributed by atoms with E-state index in [1.165, 1.54) is 32.4 Å². The lowest BCUT2D eigenvalue weighted by atomic mass is 9.73. The predicted octanol–water partition coefficient (Wildman–Crippen LogP) is 2.37. The summed E-state index contributed by atoms with van der Waals surface area (Å²) >= 11 is 0. The van der Waals surface area contributed by atoms with E-state index in [1.807, 2.05) is 16.9 Å². The van der Waals surface area contributed by atoms with Gasteiger partial charge in [0.05, 0.1) is 6.54 Å². The fourth-order valence-corrected chi connectivity index (χ4v) is 4.24. The Morgan fingerprint density at radius 3 is 2.48 bits per heavy atom. The first-order valence-corrected chi connectivity index (χ1v) is 8.61. The Labute approximate surface area is 128 Å². The zero-order valence-electron chi connectivity index (χ0n) is 13.7. The highest BCUT2D eigenvalue weighted by Gasteiger charge is 2.40. The van der Waals surface area contributed by atoms with Crippen molar-refractivity contribution in [2.45, 2.75) is 64.7 Å². The molecule has 21 heavy (non-hydrogen) atoms. The Hall–Kier alpha value is -0.870. The van der Waals surface area contributed by atoms with Crippen molar-refractivity contribution in [1.82, 2.24) is 20.0 Å². The summed E-state index contributed by atoms with van der Waals surface area (Å²) in [5, 5.41) is 8.26. The van der Waals surface area contributed by atoms with Crippen LogP contribution in [0.2, 0.25) is 0 Å². The molecule has 1 saturated heterocycles. The van der Waals surface area contributed by atoms with E-state index < -0.39 is 0 Å². The fraction of sp³-hybridized carbons (Fsp3) is 0.824. The molecule has 1 aliphatic carbocycles. The summed E-state index contributed by atoms with van der Waals surface area (Å²) in [5.74, 6) is 1.67. The number of hydrogen-bond acceptors (Lipinski definition) is 3. The smallest absolute Gasteiger partial charge is 0.0560 e. The number of piperidine rings is 1. The molecule has 3 atom stereocenters. The van der Waals surface area contributed by atoms with Gasteiger partial charge in [0.1, 0.15) is 0 Å². The van der Waals surface area contributed by atoms with E-state index >= 15 is 0 Å². The zero-order valence-corrected chi connectivity index (χ0v) is 13.7. The molecule has 4 nitrogen and oxygen atoms in total. The van der Waals surface area contributed by atoms with Crippen LogP contribution in [0.15, 0.2) is 18.5 Å². The first kappa shape index (κ1) is 15.0. The molecular formula is C17H30N4. The van der Waals surface area contributed by atoms with Crippen molar-refractivity contribution in [3.8, 4) is 0 Å². The molecule has 4 heteroatoms. The van der Waals surface area contributed by atoms with Crippen molar-refractivity contribution < 1.29 is 0 Å². The highest BCUT2D eigenvalue weighted by Crippen LogP contribution is 2.35. The predicted molar refractivity (Wildman–Crippen MR) is 86.2 cm³/mol. The van der Waals surface area contributed by atoms with Crippen LogP contribution in [0.5, 0.6) is 0 Å². The summed E-state index contributed by atoms with van der Waals surface area (Å²) in [6.07, 6.45) is 8.13. The van der Waals surface area contributed by atoms with Crippen LogP contribution in [0.3, 0.4) is 0 Å². The summed E-state index contributed by atoms with van der Waals surface area (Å²) in [4.78, 5) is 2.69. The van der Waals surface area contributed by atoms with Gasteiger partial charge in [-0.2, -0.15) is 5.10 Å². The highest BCUT2D eigenvalue weighted by molar-refractivity contribution is 4.96. The lowest BCUT2D eigenvalue weighted by Crippen LogP contribution is -2.60. The second-order valence-electron chi connectivity index (χ2n) is 7.32. The number of nitrogens with one attached hydrogen (secondary N) is 1. The first-order chi connectivity index (χ1) is 10.1. The van der Waals surface area contributed by atoms with Crippen LogP contribution < -0.4 is 5.32 Å². The van der Waals surface area contributed by atoms with Gasteiger partial charge >= 0.3 is 0 Å². The van der Waals surface area contributed by atoms with E-state index in [0.717, 1.165) is 18.4 Å².